The molecule has 2 amide bonds. The number of hydrogen-bond acceptors (Lipinski definition) is 4. The molecule has 6 nitrogen and oxygen atoms in total. The van der Waals surface area contributed by atoms with Crippen LogP contribution in [0.25, 0.3) is 0 Å². The molecule has 2 rings (SSSR count). The fraction of sp³-hybridized carbons (Fsp3) is 0.462. The number of pyridine rings is 1. The lowest BCUT2D eigenvalue weighted by atomic mass is 10.2. The highest BCUT2D eigenvalue weighted by molar-refractivity contribution is 5.85. The molecule has 2 N–H and O–H groups in total. The first-order valence-electron chi connectivity index (χ1n) is 6.27. The van der Waals surface area contributed by atoms with Crippen molar-refractivity contribution in [3.63, 3.8) is 0 Å². The summed E-state index contributed by atoms with van der Waals surface area (Å²) < 4.78 is 5.21. The molecule has 1 unspecified atom stereocenters. The van der Waals surface area contributed by atoms with E-state index in [0.29, 0.717) is 13.0 Å². The summed E-state index contributed by atoms with van der Waals surface area (Å²) in [7, 11) is 0. The van der Waals surface area contributed by atoms with Crippen LogP contribution in [0, 0.1) is 6.92 Å². The molecule has 6 heteroatoms. The summed E-state index contributed by atoms with van der Waals surface area (Å²) in [6, 6.07) is 3.68. The lowest BCUT2D eigenvalue weighted by molar-refractivity contribution is -0.134. The average Bonchev–Trinajstić information content (AvgIpc) is 2.93. The van der Waals surface area contributed by atoms with E-state index in [1.54, 1.807) is 6.20 Å². The lowest BCUT2D eigenvalue weighted by Gasteiger charge is -2.11. The van der Waals surface area contributed by atoms with E-state index < -0.39 is 6.10 Å². The van der Waals surface area contributed by atoms with Crippen molar-refractivity contribution in [2.75, 3.05) is 6.61 Å². The zero-order valence-electron chi connectivity index (χ0n) is 10.8. The second kappa shape index (κ2) is 6.29. The third-order valence-electron chi connectivity index (χ3n) is 2.88. The number of amides is 2. The number of carbonyl (C=O) groups excluding carboxylic acids is 2. The number of nitrogens with zero attached hydrogens (tertiary/aromatic N) is 1. The van der Waals surface area contributed by atoms with Gasteiger partial charge in [0, 0.05) is 18.5 Å². The number of carbonyl (C=O) groups is 2. The zero-order chi connectivity index (χ0) is 13.7. The quantitative estimate of drug-likeness (QED) is 0.767. The number of hydrazine groups is 1. The maximum atomic E-state index is 11.6. The molecule has 0 spiro atoms. The normalized spacial score (nSPS) is 18.1. The molecule has 1 atom stereocenters. The smallest absolute Gasteiger partial charge is 0.267 e. The summed E-state index contributed by atoms with van der Waals surface area (Å²) in [5.41, 5.74) is 6.45. The van der Waals surface area contributed by atoms with E-state index in [1.165, 1.54) is 0 Å². The van der Waals surface area contributed by atoms with E-state index in [-0.39, 0.29) is 18.2 Å². The molecular weight excluding hydrogens is 246 g/mol. The van der Waals surface area contributed by atoms with Crippen LogP contribution in [0.2, 0.25) is 0 Å². The molecule has 0 aliphatic carbocycles. The molecule has 0 bridgehead atoms. The largest absolute Gasteiger partial charge is 0.368 e. The number of aryl methyl sites for hydroxylation is 1. The van der Waals surface area contributed by atoms with Gasteiger partial charge in [-0.05, 0) is 31.4 Å². The van der Waals surface area contributed by atoms with Crippen LogP contribution in [0.3, 0.4) is 0 Å². The van der Waals surface area contributed by atoms with Gasteiger partial charge in [0.15, 0.2) is 0 Å². The highest BCUT2D eigenvalue weighted by Gasteiger charge is 2.23. The Morgan fingerprint density at radius 2 is 2.26 bits per heavy atom. The molecular formula is C13H17N3O3. The van der Waals surface area contributed by atoms with Crippen LogP contribution in [0.4, 0.5) is 0 Å². The van der Waals surface area contributed by atoms with Gasteiger partial charge in [-0.1, -0.05) is 6.07 Å². The van der Waals surface area contributed by atoms with Gasteiger partial charge in [0.25, 0.3) is 5.91 Å². The maximum Gasteiger partial charge on any atom is 0.267 e. The van der Waals surface area contributed by atoms with E-state index in [4.69, 9.17) is 4.74 Å². The Labute approximate surface area is 111 Å². The van der Waals surface area contributed by atoms with Gasteiger partial charge >= 0.3 is 0 Å². The summed E-state index contributed by atoms with van der Waals surface area (Å²) >= 11 is 0. The minimum Gasteiger partial charge on any atom is -0.368 e. The first-order chi connectivity index (χ1) is 9.15. The van der Waals surface area contributed by atoms with Crippen molar-refractivity contribution in [1.82, 2.24) is 15.8 Å². The standard InChI is InChI=1S/C13H17N3O3/c1-9-4-5-10(8-14-9)7-12(17)15-16-13(18)11-3-2-6-19-11/h4-5,8,11H,2-3,6-7H2,1H3,(H,15,17)(H,16,18). The first kappa shape index (κ1) is 13.5. The van der Waals surface area contributed by atoms with E-state index in [9.17, 15) is 9.59 Å². The molecule has 19 heavy (non-hydrogen) atoms. The Bertz CT molecular complexity index is 453. The van der Waals surface area contributed by atoms with Crippen molar-refractivity contribution in [3.8, 4) is 0 Å². The van der Waals surface area contributed by atoms with Crippen molar-refractivity contribution < 1.29 is 14.3 Å². The van der Waals surface area contributed by atoms with Crippen LogP contribution in [-0.2, 0) is 20.7 Å². The van der Waals surface area contributed by atoms with E-state index in [1.807, 2.05) is 19.1 Å². The van der Waals surface area contributed by atoms with Crippen molar-refractivity contribution in [2.24, 2.45) is 0 Å². The van der Waals surface area contributed by atoms with Crippen LogP contribution in [0.5, 0.6) is 0 Å². The molecule has 1 fully saturated rings. The van der Waals surface area contributed by atoms with Crippen LogP contribution in [0.15, 0.2) is 18.3 Å². The van der Waals surface area contributed by atoms with Gasteiger partial charge in [-0.25, -0.2) is 0 Å². The van der Waals surface area contributed by atoms with Crippen molar-refractivity contribution in [3.05, 3.63) is 29.6 Å². The molecule has 1 saturated heterocycles. The van der Waals surface area contributed by atoms with Crippen molar-refractivity contribution >= 4 is 11.8 Å². The predicted octanol–water partition coefficient (Wildman–Crippen LogP) is 0.259. The highest BCUT2D eigenvalue weighted by atomic mass is 16.5. The van der Waals surface area contributed by atoms with E-state index in [2.05, 4.69) is 15.8 Å². The summed E-state index contributed by atoms with van der Waals surface area (Å²) in [6.07, 6.45) is 2.96. The van der Waals surface area contributed by atoms with Gasteiger partial charge in [0.1, 0.15) is 6.10 Å². The third kappa shape index (κ3) is 4.03. The fourth-order valence-corrected chi connectivity index (χ4v) is 1.83. The molecule has 2 heterocycles. The highest BCUT2D eigenvalue weighted by Crippen LogP contribution is 2.11. The minimum atomic E-state index is -0.443. The van der Waals surface area contributed by atoms with E-state index >= 15 is 0 Å². The second-order valence-corrected chi connectivity index (χ2v) is 4.52. The number of hydrogen-bond donors (Lipinski definition) is 2. The molecule has 1 aromatic heterocycles. The molecule has 0 saturated carbocycles. The average molecular weight is 263 g/mol. The fourth-order valence-electron chi connectivity index (χ4n) is 1.83. The van der Waals surface area contributed by atoms with Gasteiger partial charge in [-0.15, -0.1) is 0 Å². The summed E-state index contributed by atoms with van der Waals surface area (Å²) in [4.78, 5) is 27.3. The Morgan fingerprint density at radius 3 is 2.89 bits per heavy atom. The van der Waals surface area contributed by atoms with Crippen LogP contribution in [-0.4, -0.2) is 29.5 Å². The van der Waals surface area contributed by atoms with Gasteiger partial charge < -0.3 is 4.74 Å². The summed E-state index contributed by atoms with van der Waals surface area (Å²) in [5, 5.41) is 0. The maximum absolute atomic E-state index is 11.6. The van der Waals surface area contributed by atoms with Gasteiger partial charge in [0.2, 0.25) is 5.91 Å². The third-order valence-corrected chi connectivity index (χ3v) is 2.88. The number of aromatic nitrogens is 1. The van der Waals surface area contributed by atoms with E-state index in [0.717, 1.165) is 17.7 Å². The van der Waals surface area contributed by atoms with Crippen molar-refractivity contribution in [1.29, 1.82) is 0 Å². The molecule has 1 aliphatic rings. The monoisotopic (exact) mass is 263 g/mol. The topological polar surface area (TPSA) is 80.3 Å². The number of nitrogens with one attached hydrogen (secondary N) is 2. The predicted molar refractivity (Wildman–Crippen MR) is 67.9 cm³/mol. The van der Waals surface area contributed by atoms with Crippen molar-refractivity contribution in [2.45, 2.75) is 32.3 Å². The molecule has 1 aromatic rings. The Hall–Kier alpha value is -1.95. The SMILES string of the molecule is Cc1ccc(CC(=O)NNC(=O)C2CCCO2)cn1. The Balaban J connectivity index is 1.75. The number of ether oxygens (including phenoxy) is 1. The zero-order valence-corrected chi connectivity index (χ0v) is 10.8. The molecule has 0 aromatic carbocycles. The van der Waals surface area contributed by atoms with Crippen LogP contribution >= 0.6 is 0 Å². The van der Waals surface area contributed by atoms with Gasteiger partial charge in [-0.3, -0.25) is 25.4 Å². The number of rotatable bonds is 3. The van der Waals surface area contributed by atoms with Crippen LogP contribution in [0.1, 0.15) is 24.1 Å². The lowest BCUT2D eigenvalue weighted by Crippen LogP contribution is -2.46. The summed E-state index contributed by atoms with van der Waals surface area (Å²) in [6.45, 7) is 2.48. The Morgan fingerprint density at radius 1 is 1.42 bits per heavy atom. The first-order valence-corrected chi connectivity index (χ1v) is 6.27. The van der Waals surface area contributed by atoms with Gasteiger partial charge in [-0.2, -0.15) is 0 Å². The second-order valence-electron chi connectivity index (χ2n) is 4.52. The Kier molecular flexibility index (Phi) is 4.46. The minimum absolute atomic E-state index is 0.180. The molecule has 1 aliphatic heterocycles. The van der Waals surface area contributed by atoms with Gasteiger partial charge in [0.05, 0.1) is 6.42 Å². The molecule has 102 valence electrons. The summed E-state index contributed by atoms with van der Waals surface area (Å²) in [5.74, 6) is -0.579. The molecule has 0 radical (unpaired) electrons. The van der Waals surface area contributed by atoms with Crippen LogP contribution < -0.4 is 10.9 Å².